The van der Waals surface area contributed by atoms with Crippen LogP contribution in [0.1, 0.15) is 36.0 Å². The van der Waals surface area contributed by atoms with Crippen molar-refractivity contribution in [2.45, 2.75) is 25.3 Å². The average Bonchev–Trinajstić information content (AvgIpc) is 3.25. The maximum atomic E-state index is 13.0. The van der Waals surface area contributed by atoms with Crippen molar-refractivity contribution in [1.29, 1.82) is 0 Å². The molecule has 0 aliphatic carbocycles. The molecule has 2 unspecified atom stereocenters. The number of benzene rings is 1. The molecule has 1 aromatic carbocycles. The summed E-state index contributed by atoms with van der Waals surface area (Å²) in [6, 6.07) is 8.55. The molecule has 2 aromatic rings. The van der Waals surface area contributed by atoms with Gasteiger partial charge in [-0.2, -0.15) is 13.2 Å². The zero-order valence-electron chi connectivity index (χ0n) is 16.4. The Morgan fingerprint density at radius 1 is 1.33 bits per heavy atom. The van der Waals surface area contributed by atoms with Crippen LogP contribution in [-0.2, 0) is 10.9 Å². The van der Waals surface area contributed by atoms with Crippen molar-refractivity contribution in [3.05, 3.63) is 59.5 Å². The molecule has 1 fully saturated rings. The Hall–Kier alpha value is -1.79. The van der Waals surface area contributed by atoms with Crippen LogP contribution < -0.4 is 5.32 Å². The van der Waals surface area contributed by atoms with Gasteiger partial charge >= 0.3 is 6.18 Å². The first-order valence-electron chi connectivity index (χ1n) is 9.42. The summed E-state index contributed by atoms with van der Waals surface area (Å²) in [5.74, 6) is 0.992. The molecule has 0 radical (unpaired) electrons. The first-order valence-corrected chi connectivity index (χ1v) is 9.42. The van der Waals surface area contributed by atoms with Gasteiger partial charge in [0.05, 0.1) is 31.5 Å². The summed E-state index contributed by atoms with van der Waals surface area (Å²) in [6.07, 6.45) is -4.30. The second kappa shape index (κ2) is 11.0. The molecule has 1 aromatic heterocycles. The number of halogens is 4. The number of alkyl halides is 3. The first kappa shape index (κ1) is 24.5. The molecule has 0 bridgehead atoms. The average molecular weight is 539 g/mol. The molecule has 0 amide bonds. The van der Waals surface area contributed by atoms with Gasteiger partial charge < -0.3 is 24.5 Å². The van der Waals surface area contributed by atoms with Crippen LogP contribution in [0.15, 0.2) is 52.1 Å². The fraction of sp³-hybridized carbons (Fsp3) is 0.450. The number of aliphatic imine (C=N–C) groups is 1. The van der Waals surface area contributed by atoms with Gasteiger partial charge in [0.25, 0.3) is 0 Å². The third-order valence-corrected chi connectivity index (χ3v) is 4.57. The minimum Gasteiger partial charge on any atom is -0.467 e. The summed E-state index contributed by atoms with van der Waals surface area (Å²) in [6.45, 7) is 3.88. The van der Waals surface area contributed by atoms with Crippen LogP contribution in [0.3, 0.4) is 0 Å². The first-order chi connectivity index (χ1) is 13.9. The second-order valence-corrected chi connectivity index (χ2v) is 6.65. The van der Waals surface area contributed by atoms with Gasteiger partial charge in [0.15, 0.2) is 5.96 Å². The highest BCUT2D eigenvalue weighted by atomic mass is 127. The summed E-state index contributed by atoms with van der Waals surface area (Å²) in [4.78, 5) is 6.39. The normalized spacial score (nSPS) is 18.6. The minimum atomic E-state index is -4.40. The van der Waals surface area contributed by atoms with E-state index in [9.17, 15) is 18.3 Å². The lowest BCUT2D eigenvalue weighted by Crippen LogP contribution is -2.48. The van der Waals surface area contributed by atoms with Gasteiger partial charge in [-0.05, 0) is 36.8 Å². The number of hydrogen-bond donors (Lipinski definition) is 2. The van der Waals surface area contributed by atoms with Gasteiger partial charge in [0.2, 0.25) is 0 Å². The topological polar surface area (TPSA) is 70.2 Å². The highest BCUT2D eigenvalue weighted by Crippen LogP contribution is 2.32. The van der Waals surface area contributed by atoms with E-state index in [1.807, 2.05) is 11.8 Å². The number of furan rings is 1. The predicted octanol–water partition coefficient (Wildman–Crippen LogP) is 3.99. The lowest BCUT2D eigenvalue weighted by molar-refractivity contribution is -0.137. The summed E-state index contributed by atoms with van der Waals surface area (Å²) in [7, 11) is 0. The molecule has 1 saturated heterocycles. The van der Waals surface area contributed by atoms with E-state index in [-0.39, 0.29) is 30.5 Å². The van der Waals surface area contributed by atoms with Gasteiger partial charge in [-0.25, -0.2) is 4.99 Å². The third-order valence-electron chi connectivity index (χ3n) is 4.57. The highest BCUT2D eigenvalue weighted by Gasteiger charge is 2.32. The molecule has 6 nitrogen and oxygen atoms in total. The molecule has 0 spiro atoms. The van der Waals surface area contributed by atoms with E-state index in [1.54, 1.807) is 18.2 Å². The molecular formula is C20H25F3IN3O3. The van der Waals surface area contributed by atoms with Crippen molar-refractivity contribution in [1.82, 2.24) is 10.2 Å². The standard InChI is InChI=1S/C20H24F3N3O3.HI/c1-2-24-19(25-12-16(27)17-7-4-9-28-17)26-8-10-29-18(13-26)14-5-3-6-15(11-14)20(21,22)23;/h3-7,9,11,16,18,27H,2,8,10,12-13H2,1H3,(H,24,25);1H. The van der Waals surface area contributed by atoms with E-state index in [0.717, 1.165) is 12.1 Å². The zero-order valence-corrected chi connectivity index (χ0v) is 18.8. The van der Waals surface area contributed by atoms with E-state index in [1.165, 1.54) is 12.3 Å². The smallest absolute Gasteiger partial charge is 0.416 e. The van der Waals surface area contributed by atoms with Crippen molar-refractivity contribution < 1.29 is 27.4 Å². The van der Waals surface area contributed by atoms with E-state index >= 15 is 0 Å². The molecule has 1 aliphatic heterocycles. The number of nitrogens with one attached hydrogen (secondary N) is 1. The zero-order chi connectivity index (χ0) is 20.9. The Bertz CT molecular complexity index is 815. The Morgan fingerprint density at radius 3 is 2.80 bits per heavy atom. The predicted molar refractivity (Wildman–Crippen MR) is 117 cm³/mol. The van der Waals surface area contributed by atoms with E-state index in [0.29, 0.717) is 43.5 Å². The van der Waals surface area contributed by atoms with Gasteiger partial charge in [-0.3, -0.25) is 0 Å². The van der Waals surface area contributed by atoms with Crippen LogP contribution in [0.4, 0.5) is 13.2 Å². The van der Waals surface area contributed by atoms with Crippen molar-refractivity contribution in [2.24, 2.45) is 4.99 Å². The van der Waals surface area contributed by atoms with Crippen LogP contribution in [0.25, 0.3) is 0 Å². The van der Waals surface area contributed by atoms with Gasteiger partial charge in [-0.1, -0.05) is 12.1 Å². The molecule has 10 heteroatoms. The molecule has 166 valence electrons. The lowest BCUT2D eigenvalue weighted by atomic mass is 10.0. The number of nitrogens with zero attached hydrogens (tertiary/aromatic N) is 2. The Morgan fingerprint density at radius 2 is 2.13 bits per heavy atom. The fourth-order valence-electron chi connectivity index (χ4n) is 3.13. The number of rotatable bonds is 5. The van der Waals surface area contributed by atoms with Crippen molar-refractivity contribution in [3.63, 3.8) is 0 Å². The van der Waals surface area contributed by atoms with Crippen molar-refractivity contribution >= 4 is 29.9 Å². The van der Waals surface area contributed by atoms with E-state index in [4.69, 9.17) is 9.15 Å². The SMILES string of the molecule is CCNC(=NCC(O)c1ccco1)N1CCOC(c2cccc(C(F)(F)F)c2)C1.I. The summed E-state index contributed by atoms with van der Waals surface area (Å²) in [5.41, 5.74) is -0.228. The number of ether oxygens (including phenoxy) is 1. The van der Waals surface area contributed by atoms with Crippen LogP contribution >= 0.6 is 24.0 Å². The molecule has 1 aliphatic rings. The Balaban J connectivity index is 0.00000320. The largest absolute Gasteiger partial charge is 0.467 e. The number of aliphatic hydroxyl groups is 1. The quantitative estimate of drug-likeness (QED) is 0.342. The van der Waals surface area contributed by atoms with Crippen LogP contribution in [-0.4, -0.2) is 48.8 Å². The van der Waals surface area contributed by atoms with E-state index < -0.39 is 23.9 Å². The molecule has 2 atom stereocenters. The monoisotopic (exact) mass is 539 g/mol. The van der Waals surface area contributed by atoms with Crippen LogP contribution in [0.5, 0.6) is 0 Å². The third kappa shape index (κ3) is 6.35. The molecule has 2 N–H and O–H groups in total. The van der Waals surface area contributed by atoms with Crippen LogP contribution in [0, 0.1) is 0 Å². The minimum absolute atomic E-state index is 0. The fourth-order valence-corrected chi connectivity index (χ4v) is 3.13. The number of guanidine groups is 1. The van der Waals surface area contributed by atoms with E-state index in [2.05, 4.69) is 10.3 Å². The van der Waals surface area contributed by atoms with Gasteiger partial charge in [0.1, 0.15) is 18.0 Å². The summed E-state index contributed by atoms with van der Waals surface area (Å²) in [5, 5.41) is 13.3. The Kier molecular flexibility index (Phi) is 8.98. The number of aliphatic hydroxyl groups excluding tert-OH is 1. The maximum Gasteiger partial charge on any atom is 0.416 e. The molecule has 30 heavy (non-hydrogen) atoms. The maximum absolute atomic E-state index is 13.0. The van der Waals surface area contributed by atoms with Gasteiger partial charge in [-0.15, -0.1) is 24.0 Å². The number of hydrogen-bond acceptors (Lipinski definition) is 4. The number of morpholine rings is 1. The van der Waals surface area contributed by atoms with Gasteiger partial charge in [0, 0.05) is 13.1 Å². The second-order valence-electron chi connectivity index (χ2n) is 6.65. The van der Waals surface area contributed by atoms with Crippen LogP contribution in [0.2, 0.25) is 0 Å². The van der Waals surface area contributed by atoms with Crippen molar-refractivity contribution in [3.8, 4) is 0 Å². The molecule has 2 heterocycles. The Labute approximate surface area is 190 Å². The summed E-state index contributed by atoms with van der Waals surface area (Å²) >= 11 is 0. The summed E-state index contributed by atoms with van der Waals surface area (Å²) < 4.78 is 50.0. The molecule has 3 rings (SSSR count). The lowest BCUT2D eigenvalue weighted by Gasteiger charge is -2.35. The highest BCUT2D eigenvalue weighted by molar-refractivity contribution is 14.0. The molecule has 0 saturated carbocycles. The van der Waals surface area contributed by atoms with Crippen molar-refractivity contribution in [2.75, 3.05) is 32.8 Å². The molecular weight excluding hydrogens is 514 g/mol.